The molecule has 0 radical (unpaired) electrons. The van der Waals surface area contributed by atoms with Crippen LogP contribution >= 0.6 is 0 Å². The maximum Gasteiger partial charge on any atom is 0.219 e. The summed E-state index contributed by atoms with van der Waals surface area (Å²) in [6.45, 7) is 0. The van der Waals surface area contributed by atoms with Crippen LogP contribution in [0.5, 0.6) is 11.6 Å². The lowest BCUT2D eigenvalue weighted by Gasteiger charge is -2.08. The van der Waals surface area contributed by atoms with Gasteiger partial charge in [0.15, 0.2) is 11.6 Å². The van der Waals surface area contributed by atoms with Gasteiger partial charge in [0.05, 0.1) is 17.1 Å². The van der Waals surface area contributed by atoms with Gasteiger partial charge in [0.2, 0.25) is 5.88 Å². The molecule has 142 valence electrons. The van der Waals surface area contributed by atoms with Crippen molar-refractivity contribution in [3.05, 3.63) is 90.4 Å². The van der Waals surface area contributed by atoms with Gasteiger partial charge in [-0.3, -0.25) is 0 Å². The molecular formula is C22H18N6O. The highest BCUT2D eigenvalue weighted by Gasteiger charge is 2.15. The molecule has 2 aromatic carbocycles. The molecule has 7 heteroatoms. The minimum absolute atomic E-state index is 0.367. The average Bonchev–Trinajstić information content (AvgIpc) is 3.43. The van der Waals surface area contributed by atoms with Gasteiger partial charge < -0.3 is 20.4 Å². The molecule has 7 nitrogen and oxygen atoms in total. The number of fused-ring (bicyclic) bond motifs is 1. The van der Waals surface area contributed by atoms with Crippen molar-refractivity contribution in [3.8, 4) is 23.0 Å². The molecule has 0 saturated heterocycles. The van der Waals surface area contributed by atoms with Gasteiger partial charge in [-0.25, -0.2) is 4.98 Å². The zero-order valence-electron chi connectivity index (χ0n) is 15.4. The summed E-state index contributed by atoms with van der Waals surface area (Å²) in [5, 5.41) is 8.48. The van der Waals surface area contributed by atoms with Crippen molar-refractivity contribution >= 4 is 11.0 Å². The monoisotopic (exact) mass is 382 g/mol. The van der Waals surface area contributed by atoms with Gasteiger partial charge in [0.25, 0.3) is 0 Å². The fraction of sp³-hybridized carbons (Fsp3) is 0.0455. The molecule has 1 unspecified atom stereocenters. The third-order valence-electron chi connectivity index (χ3n) is 4.67. The first-order chi connectivity index (χ1) is 14.3. The zero-order valence-corrected chi connectivity index (χ0v) is 15.4. The van der Waals surface area contributed by atoms with Gasteiger partial charge in [0.1, 0.15) is 5.75 Å². The van der Waals surface area contributed by atoms with Crippen molar-refractivity contribution in [2.45, 2.75) is 6.04 Å². The summed E-state index contributed by atoms with van der Waals surface area (Å²) in [6.07, 6.45) is 1.85. The van der Waals surface area contributed by atoms with Crippen molar-refractivity contribution in [2.75, 3.05) is 0 Å². The Kier molecular flexibility index (Phi) is 4.27. The molecule has 29 heavy (non-hydrogen) atoms. The molecule has 0 amide bonds. The summed E-state index contributed by atoms with van der Waals surface area (Å²) < 4.78 is 5.93. The highest BCUT2D eigenvalue weighted by Crippen LogP contribution is 2.27. The van der Waals surface area contributed by atoms with Crippen LogP contribution in [0, 0.1) is 0 Å². The molecule has 5 rings (SSSR count). The predicted molar refractivity (Wildman–Crippen MR) is 110 cm³/mol. The Morgan fingerprint density at radius 1 is 0.897 bits per heavy atom. The quantitative estimate of drug-likeness (QED) is 0.423. The molecule has 0 fully saturated rings. The van der Waals surface area contributed by atoms with E-state index in [2.05, 4.69) is 25.1 Å². The number of nitrogens with zero attached hydrogens (tertiary/aromatic N) is 3. The summed E-state index contributed by atoms with van der Waals surface area (Å²) in [5.41, 5.74) is 9.95. The molecular weight excluding hydrogens is 364 g/mol. The van der Waals surface area contributed by atoms with Crippen molar-refractivity contribution in [3.63, 3.8) is 0 Å². The minimum atomic E-state index is -0.367. The third-order valence-corrected chi connectivity index (χ3v) is 4.67. The number of nitrogens with two attached hydrogens (primary N) is 1. The molecule has 3 aromatic heterocycles. The number of ether oxygens (including phenoxy) is 1. The summed E-state index contributed by atoms with van der Waals surface area (Å²) in [4.78, 5) is 10.8. The SMILES string of the molecule is NC(c1ccccc1)c1nnc(-c2cccc(Oc3ccc4[nH]ccc4n3)c2)[nH]1. The second-order valence-electron chi connectivity index (χ2n) is 6.64. The first-order valence-corrected chi connectivity index (χ1v) is 9.22. The van der Waals surface area contributed by atoms with Gasteiger partial charge in [-0.2, -0.15) is 0 Å². The number of hydrogen-bond donors (Lipinski definition) is 3. The number of benzene rings is 2. The van der Waals surface area contributed by atoms with Crippen LogP contribution in [0.15, 0.2) is 79.0 Å². The Balaban J connectivity index is 1.39. The molecule has 4 N–H and O–H groups in total. The van der Waals surface area contributed by atoms with Gasteiger partial charge in [-0.15, -0.1) is 10.2 Å². The maximum atomic E-state index is 6.31. The van der Waals surface area contributed by atoms with E-state index < -0.39 is 0 Å². The van der Waals surface area contributed by atoms with E-state index >= 15 is 0 Å². The lowest BCUT2D eigenvalue weighted by atomic mass is 10.1. The van der Waals surface area contributed by atoms with Crippen LogP contribution in [0.1, 0.15) is 17.4 Å². The first kappa shape index (κ1) is 17.2. The Morgan fingerprint density at radius 3 is 2.69 bits per heavy atom. The molecule has 1 atom stereocenters. The lowest BCUT2D eigenvalue weighted by molar-refractivity contribution is 0.465. The second-order valence-corrected chi connectivity index (χ2v) is 6.64. The topological polar surface area (TPSA) is 106 Å². The van der Waals surface area contributed by atoms with Crippen molar-refractivity contribution in [2.24, 2.45) is 5.73 Å². The van der Waals surface area contributed by atoms with Crippen molar-refractivity contribution < 1.29 is 4.74 Å². The number of aromatic amines is 2. The molecule has 3 heterocycles. The fourth-order valence-electron chi connectivity index (χ4n) is 3.16. The number of aromatic nitrogens is 5. The van der Waals surface area contributed by atoms with E-state index in [0.29, 0.717) is 23.3 Å². The van der Waals surface area contributed by atoms with Crippen LogP contribution in [-0.4, -0.2) is 25.1 Å². The van der Waals surface area contributed by atoms with Gasteiger partial charge >= 0.3 is 0 Å². The van der Waals surface area contributed by atoms with Crippen LogP contribution in [-0.2, 0) is 0 Å². The van der Waals surface area contributed by atoms with Gasteiger partial charge in [-0.05, 0) is 29.8 Å². The van der Waals surface area contributed by atoms with Crippen LogP contribution in [0.4, 0.5) is 0 Å². The average molecular weight is 382 g/mol. The first-order valence-electron chi connectivity index (χ1n) is 9.22. The Labute approximate surface area is 166 Å². The molecule has 0 aliphatic heterocycles. The van der Waals surface area contributed by atoms with E-state index in [1.54, 1.807) is 0 Å². The van der Waals surface area contributed by atoms with Crippen LogP contribution in [0.25, 0.3) is 22.4 Å². The Morgan fingerprint density at radius 2 is 1.79 bits per heavy atom. The Hall–Kier alpha value is -3.97. The number of pyridine rings is 1. The molecule has 0 aliphatic carbocycles. The van der Waals surface area contributed by atoms with E-state index in [1.807, 2.05) is 79.0 Å². The number of rotatable bonds is 5. The molecule has 0 bridgehead atoms. The van der Waals surface area contributed by atoms with Crippen LogP contribution in [0.3, 0.4) is 0 Å². The second kappa shape index (κ2) is 7.21. The van der Waals surface area contributed by atoms with Crippen molar-refractivity contribution in [1.29, 1.82) is 0 Å². The zero-order chi connectivity index (χ0) is 19.6. The Bertz CT molecular complexity index is 1260. The molecule has 0 saturated carbocycles. The smallest absolute Gasteiger partial charge is 0.219 e. The van der Waals surface area contributed by atoms with Gasteiger partial charge in [-0.1, -0.05) is 42.5 Å². The summed E-state index contributed by atoms with van der Waals surface area (Å²) in [6, 6.07) is 22.7. The number of nitrogens with one attached hydrogen (secondary N) is 2. The van der Waals surface area contributed by atoms with E-state index in [0.717, 1.165) is 22.2 Å². The van der Waals surface area contributed by atoms with E-state index in [9.17, 15) is 0 Å². The van der Waals surface area contributed by atoms with E-state index in [-0.39, 0.29) is 6.04 Å². The van der Waals surface area contributed by atoms with E-state index in [4.69, 9.17) is 10.5 Å². The highest BCUT2D eigenvalue weighted by molar-refractivity contribution is 5.75. The predicted octanol–water partition coefficient (Wildman–Crippen LogP) is 4.19. The normalized spacial score (nSPS) is 12.2. The standard InChI is InChI=1S/C22H18N6O/c23-20(14-5-2-1-3-6-14)22-26-21(27-28-22)15-7-4-8-16(13-15)29-19-10-9-17-18(25-19)11-12-24-17/h1-13,20,24H,23H2,(H,26,27,28). The van der Waals surface area contributed by atoms with Crippen molar-refractivity contribution in [1.82, 2.24) is 25.1 Å². The highest BCUT2D eigenvalue weighted by atomic mass is 16.5. The van der Waals surface area contributed by atoms with Crippen LogP contribution in [0.2, 0.25) is 0 Å². The number of hydrogen-bond acceptors (Lipinski definition) is 5. The number of H-pyrrole nitrogens is 2. The van der Waals surface area contributed by atoms with E-state index in [1.165, 1.54) is 0 Å². The largest absolute Gasteiger partial charge is 0.439 e. The maximum absolute atomic E-state index is 6.31. The molecule has 0 aliphatic rings. The summed E-state index contributed by atoms with van der Waals surface area (Å²) >= 11 is 0. The van der Waals surface area contributed by atoms with Crippen LogP contribution < -0.4 is 10.5 Å². The summed E-state index contributed by atoms with van der Waals surface area (Å²) in [7, 11) is 0. The van der Waals surface area contributed by atoms with Gasteiger partial charge in [0, 0.05) is 17.8 Å². The molecule has 5 aromatic rings. The molecule has 0 spiro atoms. The lowest BCUT2D eigenvalue weighted by Crippen LogP contribution is -2.13. The summed E-state index contributed by atoms with van der Waals surface area (Å²) in [5.74, 6) is 2.43. The fourth-order valence-corrected chi connectivity index (χ4v) is 3.16. The third kappa shape index (κ3) is 3.46. The minimum Gasteiger partial charge on any atom is -0.439 e.